The summed E-state index contributed by atoms with van der Waals surface area (Å²) in [6, 6.07) is 0. The van der Waals surface area contributed by atoms with E-state index in [-0.39, 0.29) is 35.5 Å². The zero-order chi connectivity index (χ0) is 17.1. The highest BCUT2D eigenvalue weighted by Gasteiger charge is 2.37. The lowest BCUT2D eigenvalue weighted by Gasteiger charge is -2.36. The van der Waals surface area contributed by atoms with Crippen LogP contribution in [0, 0.1) is 17.0 Å². The molecule has 0 spiro atoms. The maximum Gasteiger partial charge on any atom is 0.352 e. The lowest BCUT2D eigenvalue weighted by molar-refractivity contribution is -0.386. The molecular formula is C13H24FN3O4Si. The van der Waals surface area contributed by atoms with E-state index in [0.29, 0.717) is 0 Å². The predicted octanol–water partition coefficient (Wildman–Crippen LogP) is 3.37. The van der Waals surface area contributed by atoms with Crippen molar-refractivity contribution in [1.82, 2.24) is 10.2 Å². The first-order valence-electron chi connectivity index (χ1n) is 7.06. The van der Waals surface area contributed by atoms with Crippen LogP contribution in [0.3, 0.4) is 0 Å². The van der Waals surface area contributed by atoms with Gasteiger partial charge >= 0.3 is 11.6 Å². The zero-order valence-electron chi connectivity index (χ0n) is 13.9. The van der Waals surface area contributed by atoms with Gasteiger partial charge in [0.1, 0.15) is 12.3 Å². The number of halogens is 1. The molecule has 0 unspecified atom stereocenters. The number of hydrogen-bond acceptors (Lipinski definition) is 5. The molecular weight excluding hydrogens is 309 g/mol. The van der Waals surface area contributed by atoms with Gasteiger partial charge in [-0.3, -0.25) is 15.2 Å². The summed E-state index contributed by atoms with van der Waals surface area (Å²) in [4.78, 5) is 10.3. The van der Waals surface area contributed by atoms with E-state index in [9.17, 15) is 14.5 Å². The van der Waals surface area contributed by atoms with Gasteiger partial charge in [-0.1, -0.05) is 20.8 Å². The average molecular weight is 333 g/mol. The zero-order valence-corrected chi connectivity index (χ0v) is 14.9. The molecule has 0 saturated carbocycles. The Hall–Kier alpha value is -1.48. The molecule has 0 aliphatic heterocycles. The van der Waals surface area contributed by atoms with Crippen molar-refractivity contribution < 1.29 is 18.5 Å². The number of rotatable bonds is 7. The number of nitrogens with zero attached hydrogens (tertiary/aromatic N) is 2. The maximum absolute atomic E-state index is 13.9. The topological polar surface area (TPSA) is 90.3 Å². The Labute approximate surface area is 130 Å². The van der Waals surface area contributed by atoms with Gasteiger partial charge in [0.25, 0.3) is 0 Å². The highest BCUT2D eigenvalue weighted by molar-refractivity contribution is 6.74. The molecule has 1 rings (SSSR count). The molecule has 126 valence electrons. The number of aromatic amines is 1. The Morgan fingerprint density at radius 3 is 2.50 bits per heavy atom. The third-order valence-corrected chi connectivity index (χ3v) is 8.40. The predicted molar refractivity (Wildman–Crippen MR) is 83.5 cm³/mol. The number of ether oxygens (including phenoxy) is 1. The molecule has 0 saturated heterocycles. The van der Waals surface area contributed by atoms with E-state index in [1.54, 1.807) is 0 Å². The molecule has 1 atom stereocenters. The van der Waals surface area contributed by atoms with E-state index < -0.39 is 19.4 Å². The smallest absolute Gasteiger partial charge is 0.352 e. The van der Waals surface area contributed by atoms with Crippen molar-refractivity contribution in [3.8, 4) is 5.88 Å². The van der Waals surface area contributed by atoms with Gasteiger partial charge in [-0.05, 0) is 25.1 Å². The molecule has 1 heterocycles. The summed E-state index contributed by atoms with van der Waals surface area (Å²) in [6.07, 6.45) is -1.37. The van der Waals surface area contributed by atoms with Crippen LogP contribution >= 0.6 is 0 Å². The van der Waals surface area contributed by atoms with Gasteiger partial charge in [0.15, 0.2) is 14.5 Å². The van der Waals surface area contributed by atoms with Crippen LogP contribution in [0.15, 0.2) is 0 Å². The van der Waals surface area contributed by atoms with Crippen molar-refractivity contribution in [3.05, 3.63) is 15.8 Å². The Morgan fingerprint density at radius 2 is 2.00 bits per heavy atom. The Bertz CT molecular complexity index is 528. The Kier molecular flexibility index (Phi) is 5.69. The average Bonchev–Trinajstić information content (AvgIpc) is 2.74. The molecule has 0 aliphatic rings. The minimum Gasteiger partial charge on any atom is -0.469 e. The number of aromatic nitrogens is 2. The van der Waals surface area contributed by atoms with Gasteiger partial charge < -0.3 is 9.16 Å². The van der Waals surface area contributed by atoms with Crippen LogP contribution in [0.1, 0.15) is 26.5 Å². The van der Waals surface area contributed by atoms with Gasteiger partial charge in [0.05, 0.1) is 11.5 Å². The SMILES string of the molecule is Cc1[nH]nc(OC[C@@H](F)CO[Si](C)(C)C(C)(C)C)c1[N+](=O)[O-]. The third-order valence-electron chi connectivity index (χ3n) is 3.90. The quantitative estimate of drug-likeness (QED) is 0.469. The number of H-pyrrole nitrogens is 1. The van der Waals surface area contributed by atoms with E-state index in [2.05, 4.69) is 31.0 Å². The number of aryl methyl sites for hydroxylation is 1. The van der Waals surface area contributed by atoms with Crippen LogP contribution in [0.4, 0.5) is 10.1 Å². The molecule has 0 radical (unpaired) electrons. The van der Waals surface area contributed by atoms with E-state index in [0.717, 1.165) is 0 Å². The summed E-state index contributed by atoms with van der Waals surface area (Å²) in [5.74, 6) is -0.197. The molecule has 0 amide bonds. The van der Waals surface area contributed by atoms with Crippen LogP contribution in [0.25, 0.3) is 0 Å². The van der Waals surface area contributed by atoms with Crippen LogP contribution < -0.4 is 4.74 Å². The molecule has 1 aromatic rings. The van der Waals surface area contributed by atoms with E-state index in [1.807, 2.05) is 13.1 Å². The Balaban J connectivity index is 2.54. The number of hydrogen-bond donors (Lipinski definition) is 1. The summed E-state index contributed by atoms with van der Waals surface area (Å²) < 4.78 is 24.8. The highest BCUT2D eigenvalue weighted by atomic mass is 28.4. The minimum absolute atomic E-state index is 0.00826. The van der Waals surface area contributed by atoms with Crippen LogP contribution in [0.2, 0.25) is 18.1 Å². The van der Waals surface area contributed by atoms with Gasteiger partial charge in [0, 0.05) is 0 Å². The fraction of sp³-hybridized carbons (Fsp3) is 0.769. The second-order valence-corrected chi connectivity index (χ2v) is 11.5. The first-order valence-corrected chi connectivity index (χ1v) is 9.96. The van der Waals surface area contributed by atoms with Gasteiger partial charge in [-0.2, -0.15) is 0 Å². The second-order valence-electron chi connectivity index (χ2n) is 6.74. The normalized spacial score (nSPS) is 14.0. The number of nitrogens with one attached hydrogen (secondary N) is 1. The lowest BCUT2D eigenvalue weighted by atomic mass is 10.2. The lowest BCUT2D eigenvalue weighted by Crippen LogP contribution is -2.42. The van der Waals surface area contributed by atoms with Crippen LogP contribution in [-0.4, -0.2) is 42.8 Å². The van der Waals surface area contributed by atoms with E-state index in [4.69, 9.17) is 9.16 Å². The van der Waals surface area contributed by atoms with Crippen molar-refractivity contribution in [2.75, 3.05) is 13.2 Å². The molecule has 1 aromatic heterocycles. The van der Waals surface area contributed by atoms with Gasteiger partial charge in [-0.25, -0.2) is 4.39 Å². The summed E-state index contributed by atoms with van der Waals surface area (Å²) in [6.45, 7) is 11.3. The third kappa shape index (κ3) is 4.50. The van der Waals surface area contributed by atoms with Gasteiger partial charge in [-0.15, -0.1) is 5.10 Å². The summed E-state index contributed by atoms with van der Waals surface area (Å²) in [5, 5.41) is 17.0. The summed E-state index contributed by atoms with van der Waals surface area (Å²) in [7, 11) is -2.03. The molecule has 9 heteroatoms. The van der Waals surface area contributed by atoms with Gasteiger partial charge in [0.2, 0.25) is 0 Å². The maximum atomic E-state index is 13.9. The summed E-state index contributed by atoms with van der Waals surface area (Å²) >= 11 is 0. The fourth-order valence-corrected chi connectivity index (χ4v) is 2.48. The van der Waals surface area contributed by atoms with E-state index in [1.165, 1.54) is 6.92 Å². The second kappa shape index (κ2) is 6.74. The molecule has 0 fully saturated rings. The highest BCUT2D eigenvalue weighted by Crippen LogP contribution is 2.36. The number of alkyl halides is 1. The Morgan fingerprint density at radius 1 is 1.41 bits per heavy atom. The van der Waals surface area contributed by atoms with Crippen molar-refractivity contribution in [3.63, 3.8) is 0 Å². The van der Waals surface area contributed by atoms with E-state index >= 15 is 0 Å². The van der Waals surface area contributed by atoms with Crippen molar-refractivity contribution in [1.29, 1.82) is 0 Å². The van der Waals surface area contributed by atoms with Crippen molar-refractivity contribution in [2.45, 2.75) is 52.0 Å². The molecule has 0 aliphatic carbocycles. The molecule has 0 aromatic carbocycles. The van der Waals surface area contributed by atoms with Crippen LogP contribution in [0.5, 0.6) is 5.88 Å². The molecule has 7 nitrogen and oxygen atoms in total. The first-order chi connectivity index (χ1) is 9.95. The van der Waals surface area contributed by atoms with Crippen molar-refractivity contribution >= 4 is 14.0 Å². The molecule has 1 N–H and O–H groups in total. The fourth-order valence-electron chi connectivity index (χ4n) is 1.45. The van der Waals surface area contributed by atoms with Crippen molar-refractivity contribution in [2.24, 2.45) is 0 Å². The number of nitro groups is 1. The minimum atomic E-state index is -2.03. The standard InChI is InChI=1S/C13H24FN3O4Si/c1-9-11(17(18)19)12(16-15-9)20-7-10(14)8-21-22(5,6)13(2,3)4/h10H,7-8H2,1-6H3,(H,15,16)/t10-/m1/s1. The first kappa shape index (κ1) is 18.6. The summed E-state index contributed by atoms with van der Waals surface area (Å²) in [5.41, 5.74) is 0.00504. The molecule has 22 heavy (non-hydrogen) atoms. The van der Waals surface area contributed by atoms with Crippen LogP contribution in [-0.2, 0) is 4.43 Å². The largest absolute Gasteiger partial charge is 0.469 e. The molecule has 0 bridgehead atoms. The monoisotopic (exact) mass is 333 g/mol.